The second-order valence-corrected chi connectivity index (χ2v) is 6.22. The van der Waals surface area contributed by atoms with Crippen molar-refractivity contribution >= 4 is 28.6 Å². The van der Waals surface area contributed by atoms with E-state index in [1.165, 1.54) is 0 Å². The summed E-state index contributed by atoms with van der Waals surface area (Å²) in [7, 11) is 1.58. The summed E-state index contributed by atoms with van der Waals surface area (Å²) < 4.78 is 0. The van der Waals surface area contributed by atoms with Gasteiger partial charge in [0.1, 0.15) is 5.69 Å². The van der Waals surface area contributed by atoms with Crippen molar-refractivity contribution in [3.05, 3.63) is 52.7 Å². The maximum atomic E-state index is 12.2. The van der Waals surface area contributed by atoms with Gasteiger partial charge in [0.05, 0.1) is 17.4 Å². The molecule has 2 N–H and O–H groups in total. The molecule has 138 valence electrons. The van der Waals surface area contributed by atoms with Crippen molar-refractivity contribution in [3.63, 3.8) is 0 Å². The highest BCUT2D eigenvalue weighted by atomic mass is 16.1. The van der Waals surface area contributed by atoms with Crippen LogP contribution in [0.25, 0.3) is 11.0 Å². The van der Waals surface area contributed by atoms with Crippen LogP contribution in [-0.4, -0.2) is 59.1 Å². The van der Waals surface area contributed by atoms with Crippen LogP contribution in [0.15, 0.2) is 41.5 Å². The molecule has 0 bridgehead atoms. The number of hydrogen-bond donors (Lipinski definition) is 2. The van der Waals surface area contributed by atoms with Gasteiger partial charge in [-0.15, -0.1) is 0 Å². The standard InChI is InChI=1S/C18H19N7O2/c1-19-16(26)14-5-4-12(11-21-14)24-7-9-25(10-8-24)18-22-13-3-2-6-20-15(13)17(27)23-18/h2-6,11H,7-10H2,1H3,(H,19,26)(H,22,23,27). The molecule has 1 fully saturated rings. The number of H-pyrrole nitrogens is 1. The van der Waals surface area contributed by atoms with Crippen LogP contribution in [0.2, 0.25) is 0 Å². The first kappa shape index (κ1) is 17.0. The normalized spacial score (nSPS) is 14.4. The first-order valence-electron chi connectivity index (χ1n) is 8.69. The van der Waals surface area contributed by atoms with Crippen LogP contribution >= 0.6 is 0 Å². The molecule has 1 saturated heterocycles. The molecule has 0 unspecified atom stereocenters. The van der Waals surface area contributed by atoms with E-state index in [0.29, 0.717) is 35.8 Å². The van der Waals surface area contributed by atoms with Crippen molar-refractivity contribution in [1.82, 2.24) is 25.3 Å². The molecule has 3 aromatic heterocycles. The number of hydrogen-bond acceptors (Lipinski definition) is 7. The summed E-state index contributed by atoms with van der Waals surface area (Å²) in [5, 5.41) is 2.56. The number of aromatic nitrogens is 4. The van der Waals surface area contributed by atoms with Crippen molar-refractivity contribution < 1.29 is 4.79 Å². The van der Waals surface area contributed by atoms with Crippen LogP contribution in [0.5, 0.6) is 0 Å². The second kappa shape index (κ2) is 7.02. The van der Waals surface area contributed by atoms with Gasteiger partial charge in [-0.05, 0) is 24.3 Å². The lowest BCUT2D eigenvalue weighted by Crippen LogP contribution is -2.47. The fourth-order valence-corrected chi connectivity index (χ4v) is 3.13. The van der Waals surface area contributed by atoms with Gasteiger partial charge in [-0.25, -0.2) is 15.0 Å². The molecule has 9 heteroatoms. The topological polar surface area (TPSA) is 107 Å². The molecule has 0 spiro atoms. The highest BCUT2D eigenvalue weighted by Crippen LogP contribution is 2.18. The fourth-order valence-electron chi connectivity index (χ4n) is 3.13. The van der Waals surface area contributed by atoms with E-state index in [-0.39, 0.29) is 11.5 Å². The van der Waals surface area contributed by atoms with Gasteiger partial charge in [0, 0.05) is 39.4 Å². The Hall–Kier alpha value is -3.49. The number of carbonyl (C=O) groups excluding carboxylic acids is 1. The minimum Gasteiger partial charge on any atom is -0.367 e. The van der Waals surface area contributed by atoms with E-state index >= 15 is 0 Å². The summed E-state index contributed by atoms with van der Waals surface area (Å²) in [6.45, 7) is 2.95. The third-order valence-corrected chi connectivity index (χ3v) is 4.61. The third-order valence-electron chi connectivity index (χ3n) is 4.61. The van der Waals surface area contributed by atoms with E-state index < -0.39 is 0 Å². The van der Waals surface area contributed by atoms with Gasteiger partial charge in [-0.2, -0.15) is 0 Å². The predicted molar refractivity (Wildman–Crippen MR) is 102 cm³/mol. The van der Waals surface area contributed by atoms with Crippen molar-refractivity contribution in [2.75, 3.05) is 43.0 Å². The molecule has 0 radical (unpaired) electrons. The predicted octanol–water partition coefficient (Wildman–Crippen LogP) is 0.399. The quantitative estimate of drug-likeness (QED) is 0.692. The van der Waals surface area contributed by atoms with Crippen molar-refractivity contribution in [2.24, 2.45) is 0 Å². The van der Waals surface area contributed by atoms with Gasteiger partial charge in [0.15, 0.2) is 5.52 Å². The lowest BCUT2D eigenvalue weighted by molar-refractivity contribution is 0.0958. The summed E-state index contributed by atoms with van der Waals surface area (Å²) >= 11 is 0. The number of fused-ring (bicyclic) bond motifs is 1. The first-order chi connectivity index (χ1) is 13.2. The maximum absolute atomic E-state index is 12.2. The number of piperazine rings is 1. The largest absolute Gasteiger partial charge is 0.367 e. The zero-order chi connectivity index (χ0) is 18.8. The SMILES string of the molecule is CNC(=O)c1ccc(N2CCN(c3nc4cccnc4c(=O)[nH]3)CC2)cn1. The Kier molecular flexibility index (Phi) is 4.41. The number of amides is 1. The molecule has 27 heavy (non-hydrogen) atoms. The van der Waals surface area contributed by atoms with Crippen LogP contribution < -0.4 is 20.7 Å². The van der Waals surface area contributed by atoms with Gasteiger partial charge in [-0.1, -0.05) is 0 Å². The zero-order valence-electron chi connectivity index (χ0n) is 14.8. The average Bonchev–Trinajstić information content (AvgIpc) is 2.73. The van der Waals surface area contributed by atoms with Crippen LogP contribution in [-0.2, 0) is 0 Å². The highest BCUT2D eigenvalue weighted by Gasteiger charge is 2.20. The highest BCUT2D eigenvalue weighted by molar-refractivity contribution is 5.92. The molecular weight excluding hydrogens is 346 g/mol. The van der Waals surface area contributed by atoms with E-state index in [1.54, 1.807) is 37.6 Å². The van der Waals surface area contributed by atoms with Crippen molar-refractivity contribution in [2.45, 2.75) is 0 Å². The molecule has 1 amide bonds. The van der Waals surface area contributed by atoms with Gasteiger partial charge in [0.25, 0.3) is 11.5 Å². The summed E-state index contributed by atoms with van der Waals surface area (Å²) in [5.74, 6) is 0.362. The zero-order valence-corrected chi connectivity index (χ0v) is 14.8. The summed E-state index contributed by atoms with van der Waals surface area (Å²) in [6, 6.07) is 7.17. The first-order valence-corrected chi connectivity index (χ1v) is 8.69. The second-order valence-electron chi connectivity index (χ2n) is 6.22. The van der Waals surface area contributed by atoms with E-state index in [2.05, 4.69) is 35.1 Å². The smallest absolute Gasteiger partial charge is 0.278 e. The number of pyridine rings is 2. The summed E-state index contributed by atoms with van der Waals surface area (Å²) in [6.07, 6.45) is 3.29. The number of nitrogens with one attached hydrogen (secondary N) is 2. The number of aromatic amines is 1. The Morgan fingerprint density at radius 1 is 1.11 bits per heavy atom. The van der Waals surface area contributed by atoms with Crippen LogP contribution in [0.3, 0.4) is 0 Å². The van der Waals surface area contributed by atoms with Gasteiger partial charge in [-0.3, -0.25) is 14.6 Å². The Labute approximate surface area is 155 Å². The minimum absolute atomic E-state index is 0.202. The van der Waals surface area contributed by atoms with Crippen LogP contribution in [0, 0.1) is 0 Å². The molecule has 0 aromatic carbocycles. The van der Waals surface area contributed by atoms with E-state index in [0.717, 1.165) is 18.8 Å². The van der Waals surface area contributed by atoms with E-state index in [1.807, 2.05) is 6.07 Å². The summed E-state index contributed by atoms with van der Waals surface area (Å²) in [4.78, 5) is 43.7. The Balaban J connectivity index is 1.47. The lowest BCUT2D eigenvalue weighted by atomic mass is 10.2. The van der Waals surface area contributed by atoms with Crippen molar-refractivity contribution in [1.29, 1.82) is 0 Å². The van der Waals surface area contributed by atoms with E-state index in [4.69, 9.17) is 0 Å². The van der Waals surface area contributed by atoms with Gasteiger partial charge >= 0.3 is 0 Å². The number of anilines is 2. The Morgan fingerprint density at radius 2 is 1.89 bits per heavy atom. The Morgan fingerprint density at radius 3 is 2.59 bits per heavy atom. The Bertz CT molecular complexity index is 1020. The van der Waals surface area contributed by atoms with Crippen LogP contribution in [0.4, 0.5) is 11.6 Å². The van der Waals surface area contributed by atoms with Crippen LogP contribution in [0.1, 0.15) is 10.5 Å². The molecule has 3 aromatic rings. The summed E-state index contributed by atoms with van der Waals surface area (Å²) in [5.41, 5.74) is 2.07. The number of carbonyl (C=O) groups is 1. The number of nitrogens with zero attached hydrogens (tertiary/aromatic N) is 5. The third kappa shape index (κ3) is 3.31. The van der Waals surface area contributed by atoms with E-state index in [9.17, 15) is 9.59 Å². The molecule has 4 heterocycles. The number of rotatable bonds is 3. The lowest BCUT2D eigenvalue weighted by Gasteiger charge is -2.36. The molecule has 1 aliphatic rings. The minimum atomic E-state index is -0.230. The van der Waals surface area contributed by atoms with Gasteiger partial charge in [0.2, 0.25) is 5.95 Å². The molecule has 1 aliphatic heterocycles. The fraction of sp³-hybridized carbons (Fsp3) is 0.278. The molecule has 9 nitrogen and oxygen atoms in total. The molecular formula is C18H19N7O2. The van der Waals surface area contributed by atoms with Gasteiger partial charge < -0.3 is 15.1 Å². The molecule has 0 atom stereocenters. The molecule has 0 saturated carbocycles. The molecule has 4 rings (SSSR count). The monoisotopic (exact) mass is 365 g/mol. The molecule has 0 aliphatic carbocycles. The maximum Gasteiger partial charge on any atom is 0.278 e. The van der Waals surface area contributed by atoms with Crippen molar-refractivity contribution in [3.8, 4) is 0 Å². The average molecular weight is 365 g/mol.